The molecule has 1 heterocycles. The predicted molar refractivity (Wildman–Crippen MR) is 57.2 cm³/mol. The van der Waals surface area contributed by atoms with Crippen molar-refractivity contribution >= 4 is 17.2 Å². The van der Waals surface area contributed by atoms with Gasteiger partial charge in [0.2, 0.25) is 5.91 Å². The third-order valence-corrected chi connectivity index (χ3v) is 2.89. The van der Waals surface area contributed by atoms with Gasteiger partial charge in [-0.2, -0.15) is 0 Å². The standard InChI is InChI=1S/C9H15N3OS/c1-7-8(14-6-12-7)3-5-11-9(13)2-4-10/h6H,2-5,10H2,1H3,(H,11,13). The van der Waals surface area contributed by atoms with Crippen LogP contribution in [0.1, 0.15) is 17.0 Å². The molecule has 0 saturated carbocycles. The third-order valence-electron chi connectivity index (χ3n) is 1.89. The normalized spacial score (nSPS) is 10.1. The van der Waals surface area contributed by atoms with E-state index in [0.29, 0.717) is 19.5 Å². The summed E-state index contributed by atoms with van der Waals surface area (Å²) < 4.78 is 0. The fourth-order valence-corrected chi connectivity index (χ4v) is 1.88. The van der Waals surface area contributed by atoms with Gasteiger partial charge in [-0.15, -0.1) is 11.3 Å². The Labute approximate surface area is 87.5 Å². The summed E-state index contributed by atoms with van der Waals surface area (Å²) in [6.45, 7) is 3.06. The number of aryl methyl sites for hydroxylation is 1. The van der Waals surface area contributed by atoms with E-state index >= 15 is 0 Å². The molecule has 14 heavy (non-hydrogen) atoms. The maximum absolute atomic E-state index is 11.1. The van der Waals surface area contributed by atoms with Gasteiger partial charge in [-0.05, 0) is 6.92 Å². The molecule has 1 aromatic rings. The topological polar surface area (TPSA) is 68.0 Å². The smallest absolute Gasteiger partial charge is 0.221 e. The minimum absolute atomic E-state index is 0.0228. The highest BCUT2D eigenvalue weighted by Crippen LogP contribution is 2.11. The van der Waals surface area contributed by atoms with Crippen molar-refractivity contribution in [2.75, 3.05) is 13.1 Å². The zero-order valence-corrected chi connectivity index (χ0v) is 9.06. The Morgan fingerprint density at radius 3 is 3.07 bits per heavy atom. The number of nitrogens with one attached hydrogen (secondary N) is 1. The van der Waals surface area contributed by atoms with E-state index in [1.54, 1.807) is 11.3 Å². The summed E-state index contributed by atoms with van der Waals surface area (Å²) in [4.78, 5) is 16.4. The van der Waals surface area contributed by atoms with Gasteiger partial charge in [0, 0.05) is 30.8 Å². The lowest BCUT2D eigenvalue weighted by atomic mass is 10.3. The van der Waals surface area contributed by atoms with E-state index in [-0.39, 0.29) is 5.91 Å². The molecule has 0 bridgehead atoms. The summed E-state index contributed by atoms with van der Waals surface area (Å²) in [5.41, 5.74) is 8.14. The number of thiazole rings is 1. The maximum atomic E-state index is 11.1. The van der Waals surface area contributed by atoms with Crippen molar-refractivity contribution in [3.63, 3.8) is 0 Å². The first kappa shape index (κ1) is 11.1. The molecule has 0 saturated heterocycles. The number of nitrogens with two attached hydrogens (primary N) is 1. The number of amides is 1. The number of carbonyl (C=O) groups is 1. The van der Waals surface area contributed by atoms with Crippen LogP contribution in [0, 0.1) is 6.92 Å². The van der Waals surface area contributed by atoms with E-state index in [1.165, 1.54) is 4.88 Å². The van der Waals surface area contributed by atoms with Crippen molar-refractivity contribution < 1.29 is 4.79 Å². The van der Waals surface area contributed by atoms with Gasteiger partial charge in [0.25, 0.3) is 0 Å². The average Bonchev–Trinajstić information content (AvgIpc) is 2.52. The van der Waals surface area contributed by atoms with Crippen molar-refractivity contribution in [2.24, 2.45) is 5.73 Å². The highest BCUT2D eigenvalue weighted by Gasteiger charge is 2.02. The van der Waals surface area contributed by atoms with Crippen molar-refractivity contribution in [3.8, 4) is 0 Å². The van der Waals surface area contributed by atoms with Crippen LogP contribution < -0.4 is 11.1 Å². The van der Waals surface area contributed by atoms with Gasteiger partial charge in [-0.25, -0.2) is 4.98 Å². The Kier molecular flexibility index (Phi) is 4.55. The lowest BCUT2D eigenvalue weighted by Gasteiger charge is -2.02. The van der Waals surface area contributed by atoms with Crippen molar-refractivity contribution in [1.29, 1.82) is 0 Å². The minimum Gasteiger partial charge on any atom is -0.356 e. The van der Waals surface area contributed by atoms with Gasteiger partial charge in [0.1, 0.15) is 0 Å². The van der Waals surface area contributed by atoms with E-state index in [9.17, 15) is 4.79 Å². The first-order valence-electron chi connectivity index (χ1n) is 4.59. The van der Waals surface area contributed by atoms with E-state index in [2.05, 4.69) is 10.3 Å². The van der Waals surface area contributed by atoms with Crippen LogP contribution in [0.2, 0.25) is 0 Å². The maximum Gasteiger partial charge on any atom is 0.221 e. The largest absolute Gasteiger partial charge is 0.356 e. The van der Waals surface area contributed by atoms with E-state index in [0.717, 1.165) is 12.1 Å². The molecule has 0 fully saturated rings. The monoisotopic (exact) mass is 213 g/mol. The Bertz CT molecular complexity index is 298. The molecule has 0 unspecified atom stereocenters. The molecule has 0 aliphatic rings. The Morgan fingerprint density at radius 1 is 1.71 bits per heavy atom. The van der Waals surface area contributed by atoms with Crippen LogP contribution in [0.4, 0.5) is 0 Å². The van der Waals surface area contributed by atoms with Crippen LogP contribution in [-0.2, 0) is 11.2 Å². The van der Waals surface area contributed by atoms with Crippen LogP contribution in [0.15, 0.2) is 5.51 Å². The van der Waals surface area contributed by atoms with Gasteiger partial charge in [-0.1, -0.05) is 0 Å². The van der Waals surface area contributed by atoms with E-state index in [1.807, 2.05) is 12.4 Å². The molecule has 0 spiro atoms. The zero-order chi connectivity index (χ0) is 10.4. The third kappa shape index (κ3) is 3.43. The molecule has 0 atom stereocenters. The molecule has 1 aromatic heterocycles. The fourth-order valence-electron chi connectivity index (χ4n) is 1.10. The number of hydrogen-bond acceptors (Lipinski definition) is 4. The zero-order valence-electron chi connectivity index (χ0n) is 8.25. The molecule has 3 N–H and O–H groups in total. The first-order chi connectivity index (χ1) is 6.74. The van der Waals surface area contributed by atoms with Crippen LogP contribution >= 0.6 is 11.3 Å². The summed E-state index contributed by atoms with van der Waals surface area (Å²) in [7, 11) is 0. The Morgan fingerprint density at radius 2 is 2.50 bits per heavy atom. The number of carbonyl (C=O) groups excluding carboxylic acids is 1. The Balaban J connectivity index is 2.22. The van der Waals surface area contributed by atoms with Crippen LogP contribution in [0.3, 0.4) is 0 Å². The molecule has 1 amide bonds. The van der Waals surface area contributed by atoms with Gasteiger partial charge in [0.05, 0.1) is 11.2 Å². The van der Waals surface area contributed by atoms with E-state index in [4.69, 9.17) is 5.73 Å². The van der Waals surface area contributed by atoms with Crippen LogP contribution in [0.25, 0.3) is 0 Å². The SMILES string of the molecule is Cc1ncsc1CCNC(=O)CCN. The van der Waals surface area contributed by atoms with Gasteiger partial charge >= 0.3 is 0 Å². The van der Waals surface area contributed by atoms with Crippen molar-refractivity contribution in [3.05, 3.63) is 16.1 Å². The summed E-state index contributed by atoms with van der Waals surface area (Å²) >= 11 is 1.63. The highest BCUT2D eigenvalue weighted by molar-refractivity contribution is 7.09. The quantitative estimate of drug-likeness (QED) is 0.746. The molecule has 0 aliphatic heterocycles. The minimum atomic E-state index is 0.0228. The summed E-state index contributed by atoms with van der Waals surface area (Å²) in [5.74, 6) is 0.0228. The lowest BCUT2D eigenvalue weighted by molar-refractivity contribution is -0.120. The van der Waals surface area contributed by atoms with Gasteiger partial charge in [-0.3, -0.25) is 4.79 Å². The molecule has 0 radical (unpaired) electrons. The molecular weight excluding hydrogens is 198 g/mol. The molecule has 78 valence electrons. The van der Waals surface area contributed by atoms with Crippen LogP contribution in [0.5, 0.6) is 0 Å². The second-order valence-electron chi connectivity index (χ2n) is 3.00. The molecule has 0 aromatic carbocycles. The summed E-state index contributed by atoms with van der Waals surface area (Å²) in [5, 5.41) is 2.81. The second-order valence-corrected chi connectivity index (χ2v) is 3.94. The molecule has 5 heteroatoms. The average molecular weight is 213 g/mol. The van der Waals surface area contributed by atoms with Crippen molar-refractivity contribution in [1.82, 2.24) is 10.3 Å². The predicted octanol–water partition coefficient (Wildman–Crippen LogP) is 0.459. The second kappa shape index (κ2) is 5.72. The molecular formula is C9H15N3OS. The van der Waals surface area contributed by atoms with E-state index < -0.39 is 0 Å². The summed E-state index contributed by atoms with van der Waals surface area (Å²) in [6, 6.07) is 0. The molecule has 4 nitrogen and oxygen atoms in total. The highest BCUT2D eigenvalue weighted by atomic mass is 32.1. The first-order valence-corrected chi connectivity index (χ1v) is 5.47. The molecule has 1 rings (SSSR count). The number of nitrogens with zero attached hydrogens (tertiary/aromatic N) is 1. The van der Waals surface area contributed by atoms with Crippen molar-refractivity contribution in [2.45, 2.75) is 19.8 Å². The lowest BCUT2D eigenvalue weighted by Crippen LogP contribution is -2.27. The number of rotatable bonds is 5. The number of aromatic nitrogens is 1. The Hall–Kier alpha value is -0.940. The summed E-state index contributed by atoms with van der Waals surface area (Å²) in [6.07, 6.45) is 1.26. The fraction of sp³-hybridized carbons (Fsp3) is 0.556. The number of hydrogen-bond donors (Lipinski definition) is 2. The molecule has 0 aliphatic carbocycles. The van der Waals surface area contributed by atoms with Gasteiger partial charge in [0.15, 0.2) is 0 Å². The van der Waals surface area contributed by atoms with Gasteiger partial charge < -0.3 is 11.1 Å². The van der Waals surface area contributed by atoms with Crippen LogP contribution in [-0.4, -0.2) is 24.0 Å².